The minimum absolute atomic E-state index is 0.408. The first-order valence-corrected chi connectivity index (χ1v) is 9.47. The van der Waals surface area contributed by atoms with Crippen molar-refractivity contribution in [2.24, 2.45) is 11.3 Å². The van der Waals surface area contributed by atoms with E-state index in [0.29, 0.717) is 5.41 Å². The lowest BCUT2D eigenvalue weighted by Gasteiger charge is -2.33. The number of rotatable bonds is 3. The van der Waals surface area contributed by atoms with Gasteiger partial charge in [-0.2, -0.15) is 0 Å². The van der Waals surface area contributed by atoms with Crippen LogP contribution >= 0.6 is 11.3 Å². The van der Waals surface area contributed by atoms with Gasteiger partial charge in [0, 0.05) is 16.0 Å². The summed E-state index contributed by atoms with van der Waals surface area (Å²) in [7, 11) is 0. The van der Waals surface area contributed by atoms with Gasteiger partial charge in [-0.15, -0.1) is 11.3 Å². The van der Waals surface area contributed by atoms with E-state index in [1.165, 1.54) is 40.8 Å². The first-order chi connectivity index (χ1) is 10.5. The second-order valence-electron chi connectivity index (χ2n) is 7.37. The topological polar surface area (TPSA) is 38.9 Å². The van der Waals surface area contributed by atoms with Crippen molar-refractivity contribution in [1.29, 1.82) is 0 Å². The Balaban J connectivity index is 2.05. The Morgan fingerprint density at radius 3 is 2.82 bits per heavy atom. The van der Waals surface area contributed by atoms with Gasteiger partial charge in [0.15, 0.2) is 0 Å². The summed E-state index contributed by atoms with van der Waals surface area (Å²) >= 11 is 1.78. The molecule has 120 valence electrons. The Bertz CT molecular complexity index is 684. The van der Waals surface area contributed by atoms with Gasteiger partial charge in [-0.25, -0.2) is 4.98 Å². The van der Waals surface area contributed by atoms with Crippen molar-refractivity contribution in [3.05, 3.63) is 22.2 Å². The smallest absolute Gasteiger partial charge is 0.125 e. The Hall–Kier alpha value is -1.09. The monoisotopic (exact) mass is 316 g/mol. The molecular weight excluding hydrogens is 288 g/mol. The van der Waals surface area contributed by atoms with Crippen LogP contribution in [0.1, 0.15) is 63.1 Å². The highest BCUT2D eigenvalue weighted by Crippen LogP contribution is 2.41. The van der Waals surface area contributed by atoms with Gasteiger partial charge in [0.2, 0.25) is 0 Å². The normalized spacial score (nSPS) is 19.2. The van der Waals surface area contributed by atoms with Gasteiger partial charge in [0.25, 0.3) is 0 Å². The lowest BCUT2D eigenvalue weighted by Crippen LogP contribution is -2.24. The number of nitrogens with zero attached hydrogens (tertiary/aromatic N) is 1. The van der Waals surface area contributed by atoms with E-state index in [1.54, 1.807) is 11.3 Å². The van der Waals surface area contributed by atoms with Gasteiger partial charge in [0.1, 0.15) is 4.83 Å². The van der Waals surface area contributed by atoms with Gasteiger partial charge < -0.3 is 5.73 Å². The second kappa shape index (κ2) is 5.84. The van der Waals surface area contributed by atoms with Crippen LogP contribution in [-0.2, 0) is 19.3 Å². The van der Waals surface area contributed by atoms with Crippen molar-refractivity contribution >= 4 is 27.2 Å². The van der Waals surface area contributed by atoms with Crippen molar-refractivity contribution < 1.29 is 0 Å². The van der Waals surface area contributed by atoms with Crippen LogP contribution in [-0.4, -0.2) is 4.98 Å². The minimum Gasteiger partial charge on any atom is -0.397 e. The number of hydrogen-bond acceptors (Lipinski definition) is 3. The third kappa shape index (κ3) is 2.64. The van der Waals surface area contributed by atoms with Crippen molar-refractivity contribution in [2.75, 3.05) is 5.73 Å². The van der Waals surface area contributed by atoms with Crippen LogP contribution in [0.4, 0.5) is 5.69 Å². The van der Waals surface area contributed by atoms with E-state index in [9.17, 15) is 0 Å². The molecule has 1 aliphatic rings. The van der Waals surface area contributed by atoms with Crippen LogP contribution in [0.3, 0.4) is 0 Å². The molecule has 1 atom stereocenters. The molecule has 22 heavy (non-hydrogen) atoms. The van der Waals surface area contributed by atoms with Crippen LogP contribution in [0.5, 0.6) is 0 Å². The number of hydrogen-bond donors (Lipinski definition) is 1. The van der Waals surface area contributed by atoms with Gasteiger partial charge in [-0.05, 0) is 55.1 Å². The largest absolute Gasteiger partial charge is 0.397 e. The highest BCUT2D eigenvalue weighted by atomic mass is 32.1. The molecule has 0 fully saturated rings. The summed E-state index contributed by atoms with van der Waals surface area (Å²) in [6.45, 7) is 9.33. The van der Waals surface area contributed by atoms with E-state index in [4.69, 9.17) is 10.7 Å². The van der Waals surface area contributed by atoms with Crippen LogP contribution in [0.2, 0.25) is 0 Å². The molecule has 0 bridgehead atoms. The Labute approximate surface area is 138 Å². The maximum absolute atomic E-state index is 6.34. The maximum atomic E-state index is 6.34. The van der Waals surface area contributed by atoms with Crippen LogP contribution < -0.4 is 5.73 Å². The summed E-state index contributed by atoms with van der Waals surface area (Å²) in [5.74, 6) is 0.753. The molecule has 0 saturated carbocycles. The number of aryl methyl sites for hydroxylation is 2. The first kappa shape index (κ1) is 15.8. The SMILES string of the molecule is CCc1sc2nc3c(cc2c1N)CC(C(C)(C)CC)CCC3. The highest BCUT2D eigenvalue weighted by molar-refractivity contribution is 7.19. The number of nitrogens with two attached hydrogens (primary N) is 1. The minimum atomic E-state index is 0.408. The molecule has 2 heterocycles. The molecule has 0 aromatic carbocycles. The lowest BCUT2D eigenvalue weighted by atomic mass is 9.72. The van der Waals surface area contributed by atoms with E-state index in [0.717, 1.165) is 35.7 Å². The second-order valence-corrected chi connectivity index (χ2v) is 8.46. The summed E-state index contributed by atoms with van der Waals surface area (Å²) in [5, 5.41) is 1.19. The molecule has 0 amide bonds. The fourth-order valence-corrected chi connectivity index (χ4v) is 4.69. The van der Waals surface area contributed by atoms with Crippen LogP contribution in [0, 0.1) is 11.3 Å². The maximum Gasteiger partial charge on any atom is 0.125 e. The lowest BCUT2D eigenvalue weighted by molar-refractivity contribution is 0.190. The zero-order valence-corrected chi connectivity index (χ0v) is 15.1. The van der Waals surface area contributed by atoms with Crippen LogP contribution in [0.25, 0.3) is 10.2 Å². The molecule has 2 aromatic heterocycles. The molecule has 3 rings (SSSR count). The Kier molecular flexibility index (Phi) is 4.19. The fourth-order valence-electron chi connectivity index (χ4n) is 3.66. The van der Waals surface area contributed by atoms with Crippen LogP contribution in [0.15, 0.2) is 6.07 Å². The van der Waals surface area contributed by atoms with Crippen molar-refractivity contribution in [1.82, 2.24) is 4.98 Å². The van der Waals surface area contributed by atoms with E-state index in [2.05, 4.69) is 33.8 Å². The molecule has 0 aliphatic heterocycles. The summed E-state index contributed by atoms with van der Waals surface area (Å²) < 4.78 is 0. The summed E-state index contributed by atoms with van der Waals surface area (Å²) in [6.07, 6.45) is 7.12. The highest BCUT2D eigenvalue weighted by Gasteiger charge is 2.30. The number of anilines is 1. The number of aromatic nitrogens is 1. The molecule has 3 heteroatoms. The zero-order valence-electron chi connectivity index (χ0n) is 14.3. The van der Waals surface area contributed by atoms with Crippen molar-refractivity contribution in [3.8, 4) is 0 Å². The third-order valence-corrected chi connectivity index (χ3v) is 7.00. The fraction of sp³-hybridized carbons (Fsp3) is 0.632. The quantitative estimate of drug-likeness (QED) is 0.773. The predicted molar refractivity (Wildman–Crippen MR) is 97.6 cm³/mol. The van der Waals surface area contributed by atoms with Gasteiger partial charge in [0.05, 0.1) is 5.69 Å². The standard InChI is InChI=1S/C19H28N2S/c1-5-16-17(20)14-11-12-10-13(19(3,4)6-2)8-7-9-15(12)21-18(14)22-16/h11,13H,5-10,20H2,1-4H3. The Morgan fingerprint density at radius 1 is 1.36 bits per heavy atom. The zero-order chi connectivity index (χ0) is 15.9. The van der Waals surface area contributed by atoms with Gasteiger partial charge in [-0.1, -0.05) is 34.1 Å². The summed E-state index contributed by atoms with van der Waals surface area (Å²) in [4.78, 5) is 7.41. The van der Waals surface area contributed by atoms with E-state index < -0.39 is 0 Å². The van der Waals surface area contributed by atoms with Crippen molar-refractivity contribution in [2.45, 2.75) is 66.2 Å². The molecule has 1 aliphatic carbocycles. The number of fused-ring (bicyclic) bond motifs is 2. The number of pyridine rings is 1. The van der Waals surface area contributed by atoms with E-state index >= 15 is 0 Å². The number of thiophene rings is 1. The molecule has 1 unspecified atom stereocenters. The molecule has 0 radical (unpaired) electrons. The molecule has 0 saturated heterocycles. The average molecular weight is 317 g/mol. The average Bonchev–Trinajstić information content (AvgIpc) is 2.69. The molecular formula is C19H28N2S. The number of nitrogen functional groups attached to an aromatic ring is 1. The van der Waals surface area contributed by atoms with E-state index in [-0.39, 0.29) is 0 Å². The van der Waals surface area contributed by atoms with Gasteiger partial charge in [-0.3, -0.25) is 0 Å². The first-order valence-electron chi connectivity index (χ1n) is 8.66. The molecule has 2 N–H and O–H groups in total. The van der Waals surface area contributed by atoms with Crippen molar-refractivity contribution in [3.63, 3.8) is 0 Å². The summed E-state index contributed by atoms with van der Waals surface area (Å²) in [6, 6.07) is 2.35. The summed E-state index contributed by atoms with van der Waals surface area (Å²) in [5.41, 5.74) is 10.5. The molecule has 0 spiro atoms. The molecule has 2 nitrogen and oxygen atoms in total. The van der Waals surface area contributed by atoms with E-state index in [1.807, 2.05) is 0 Å². The Morgan fingerprint density at radius 2 is 2.14 bits per heavy atom. The van der Waals surface area contributed by atoms with Gasteiger partial charge >= 0.3 is 0 Å². The third-order valence-electron chi connectivity index (χ3n) is 5.74. The predicted octanol–water partition coefficient (Wildman–Crippen LogP) is 5.37. The molecule has 2 aromatic rings.